The van der Waals surface area contributed by atoms with Crippen molar-refractivity contribution in [1.82, 2.24) is 14.1 Å². The van der Waals surface area contributed by atoms with Gasteiger partial charge in [0.1, 0.15) is 11.0 Å². The van der Waals surface area contributed by atoms with Crippen LogP contribution in [0.1, 0.15) is 23.2 Å². The van der Waals surface area contributed by atoms with Crippen molar-refractivity contribution in [3.63, 3.8) is 0 Å². The van der Waals surface area contributed by atoms with Crippen LogP contribution in [0.25, 0.3) is 0 Å². The fourth-order valence-corrected chi connectivity index (χ4v) is 7.54. The van der Waals surface area contributed by atoms with Gasteiger partial charge in [-0.3, -0.25) is 9.69 Å². The highest BCUT2D eigenvalue weighted by Crippen LogP contribution is 2.51. The zero-order valence-corrected chi connectivity index (χ0v) is 21.9. The maximum atomic E-state index is 12.9. The number of hydrogen-bond acceptors (Lipinski definition) is 4. The van der Waals surface area contributed by atoms with Gasteiger partial charge in [0.2, 0.25) is 0 Å². The molecule has 2 heterocycles. The normalized spacial score (nSPS) is 21.7. The molecule has 0 bridgehead atoms. The molecule has 0 aromatic heterocycles. The van der Waals surface area contributed by atoms with Gasteiger partial charge in [0.05, 0.1) is 20.5 Å². The number of anilines is 1. The minimum Gasteiger partial charge on any atom is -0.369 e. The number of carbonyl (C=O) groups is 1. The van der Waals surface area contributed by atoms with Crippen molar-refractivity contribution in [2.24, 2.45) is 5.41 Å². The van der Waals surface area contributed by atoms with Crippen LogP contribution in [-0.4, -0.2) is 83.6 Å². The van der Waals surface area contributed by atoms with Crippen LogP contribution >= 0.6 is 23.2 Å². The molecule has 6 nitrogen and oxygen atoms in total. The van der Waals surface area contributed by atoms with Crippen LogP contribution in [-0.2, 0) is 11.0 Å². The van der Waals surface area contributed by atoms with E-state index >= 15 is 0 Å². The molecule has 2 aromatic carbocycles. The van der Waals surface area contributed by atoms with Crippen LogP contribution in [0.5, 0.6) is 0 Å². The Morgan fingerprint density at radius 1 is 1.00 bits per heavy atom. The van der Waals surface area contributed by atoms with E-state index in [1.807, 2.05) is 40.7 Å². The van der Waals surface area contributed by atoms with E-state index in [2.05, 4.69) is 9.80 Å². The molecule has 2 aromatic rings. The van der Waals surface area contributed by atoms with Crippen molar-refractivity contribution in [3.05, 3.63) is 58.1 Å². The van der Waals surface area contributed by atoms with E-state index in [0.29, 0.717) is 32.0 Å². The molecular formula is C25H30Cl2N4O2S. The van der Waals surface area contributed by atoms with Crippen LogP contribution in [0, 0.1) is 5.41 Å². The van der Waals surface area contributed by atoms with Gasteiger partial charge in [-0.25, -0.2) is 8.51 Å². The molecule has 2 aliphatic heterocycles. The Bertz CT molecular complexity index is 1110. The number of amides is 1. The number of nitrogens with zero attached hydrogens (tertiary/aromatic N) is 4. The highest BCUT2D eigenvalue weighted by atomic mass is 35.5. The SMILES string of the molecule is CN(C)C(=O)c1ccc(N2CCN(C3CC4(C3)CN(S(=O)c3ccccc3Cl)C4)CC2)cc1Cl. The number of piperazine rings is 1. The van der Waals surface area contributed by atoms with E-state index in [-0.39, 0.29) is 5.91 Å². The van der Waals surface area contributed by atoms with Crippen LogP contribution in [0.2, 0.25) is 10.0 Å². The molecule has 3 fully saturated rings. The van der Waals surface area contributed by atoms with Gasteiger partial charge in [-0.15, -0.1) is 0 Å². The van der Waals surface area contributed by atoms with E-state index in [0.717, 1.165) is 45.0 Å². The van der Waals surface area contributed by atoms with E-state index in [1.165, 1.54) is 12.8 Å². The monoisotopic (exact) mass is 520 g/mol. The molecule has 1 saturated carbocycles. The second kappa shape index (κ2) is 9.43. The second-order valence-electron chi connectivity index (χ2n) is 9.93. The minimum absolute atomic E-state index is 0.0782. The predicted octanol–water partition coefficient (Wildman–Crippen LogP) is 4.00. The van der Waals surface area contributed by atoms with Gasteiger partial charge in [-0.05, 0) is 43.2 Å². The van der Waals surface area contributed by atoms with E-state index in [4.69, 9.17) is 23.2 Å². The van der Waals surface area contributed by atoms with Gasteiger partial charge in [0.15, 0.2) is 0 Å². The lowest BCUT2D eigenvalue weighted by molar-refractivity contribution is -0.0745. The summed E-state index contributed by atoms with van der Waals surface area (Å²) in [5, 5.41) is 1.08. The molecule has 0 N–H and O–H groups in total. The summed E-state index contributed by atoms with van der Waals surface area (Å²) in [6.07, 6.45) is 2.35. The van der Waals surface area contributed by atoms with Crippen LogP contribution in [0.3, 0.4) is 0 Å². The van der Waals surface area contributed by atoms with Crippen LogP contribution in [0.4, 0.5) is 5.69 Å². The average molecular weight is 522 g/mol. The summed E-state index contributed by atoms with van der Waals surface area (Å²) in [5.74, 6) is -0.0782. The molecule has 34 heavy (non-hydrogen) atoms. The Hall–Kier alpha value is -1.64. The highest BCUT2D eigenvalue weighted by Gasteiger charge is 2.55. The van der Waals surface area contributed by atoms with Gasteiger partial charge in [-0.1, -0.05) is 35.3 Å². The summed E-state index contributed by atoms with van der Waals surface area (Å²) in [6.45, 7) is 5.71. The molecule has 3 aliphatic rings. The van der Waals surface area contributed by atoms with Gasteiger partial charge < -0.3 is 9.80 Å². The first kappa shape index (κ1) is 24.1. The minimum atomic E-state index is -1.17. The molecule has 1 amide bonds. The number of hydrogen-bond donors (Lipinski definition) is 0. The third-order valence-electron chi connectivity index (χ3n) is 7.41. The second-order valence-corrected chi connectivity index (χ2v) is 12.2. The summed E-state index contributed by atoms with van der Waals surface area (Å²) in [7, 11) is 2.29. The summed E-state index contributed by atoms with van der Waals surface area (Å²) in [5.41, 5.74) is 1.93. The molecule has 1 spiro atoms. The molecule has 182 valence electrons. The molecule has 9 heteroatoms. The lowest BCUT2D eigenvalue weighted by Gasteiger charge is -2.61. The lowest BCUT2D eigenvalue weighted by atomic mass is 9.61. The first-order valence-corrected chi connectivity index (χ1v) is 13.5. The average Bonchev–Trinajstić information content (AvgIpc) is 2.77. The fraction of sp³-hybridized carbons (Fsp3) is 0.480. The first-order chi connectivity index (χ1) is 16.3. The van der Waals surface area contributed by atoms with Gasteiger partial charge in [0, 0.05) is 70.5 Å². The van der Waals surface area contributed by atoms with Gasteiger partial charge in [-0.2, -0.15) is 0 Å². The largest absolute Gasteiger partial charge is 0.369 e. The number of benzene rings is 2. The Morgan fingerprint density at radius 2 is 1.68 bits per heavy atom. The number of rotatable bonds is 5. The third kappa shape index (κ3) is 4.49. The molecule has 5 rings (SSSR count). The summed E-state index contributed by atoms with van der Waals surface area (Å²) >= 11 is 12.6. The first-order valence-electron chi connectivity index (χ1n) is 11.7. The van der Waals surface area contributed by atoms with Crippen molar-refractivity contribution < 1.29 is 9.00 Å². The molecule has 1 aliphatic carbocycles. The molecule has 0 radical (unpaired) electrons. The Balaban J connectivity index is 1.10. The Kier molecular flexibility index (Phi) is 6.68. The van der Waals surface area contributed by atoms with E-state index in [1.54, 1.807) is 25.1 Å². The van der Waals surface area contributed by atoms with Crippen molar-refractivity contribution in [3.8, 4) is 0 Å². The highest BCUT2D eigenvalue weighted by molar-refractivity contribution is 7.82. The van der Waals surface area contributed by atoms with E-state index < -0.39 is 11.0 Å². The predicted molar refractivity (Wildman–Crippen MR) is 138 cm³/mol. The zero-order chi connectivity index (χ0) is 24.0. The summed E-state index contributed by atoms with van der Waals surface area (Å²) in [4.78, 5) is 19.4. The fourth-order valence-electron chi connectivity index (χ4n) is 5.46. The standard InChI is InChI=1S/C25H30Cl2N4O2S/c1-28(2)24(32)20-8-7-18(13-22(20)27)29-9-11-30(12-10-29)19-14-25(15-19)16-31(17-25)34(33)23-6-4-3-5-21(23)26/h3-8,13,19H,9-12,14-17H2,1-2H3. The van der Waals surface area contributed by atoms with E-state index in [9.17, 15) is 9.00 Å². The zero-order valence-electron chi connectivity index (χ0n) is 19.5. The van der Waals surface area contributed by atoms with Gasteiger partial charge >= 0.3 is 0 Å². The smallest absolute Gasteiger partial charge is 0.254 e. The number of carbonyl (C=O) groups excluding carboxylic acids is 1. The van der Waals surface area contributed by atoms with Crippen molar-refractivity contribution >= 4 is 45.8 Å². The lowest BCUT2D eigenvalue weighted by Crippen LogP contribution is -2.67. The van der Waals surface area contributed by atoms with Crippen molar-refractivity contribution in [2.45, 2.75) is 23.8 Å². The molecule has 2 saturated heterocycles. The van der Waals surface area contributed by atoms with Crippen LogP contribution in [0.15, 0.2) is 47.4 Å². The van der Waals surface area contributed by atoms with Crippen LogP contribution < -0.4 is 4.90 Å². The topological polar surface area (TPSA) is 47.1 Å². The number of halogens is 2. The molecule has 1 atom stereocenters. The summed E-state index contributed by atoms with van der Waals surface area (Å²) < 4.78 is 14.9. The maximum Gasteiger partial charge on any atom is 0.254 e. The third-order valence-corrected chi connectivity index (χ3v) is 9.62. The van der Waals surface area contributed by atoms with Crippen molar-refractivity contribution in [1.29, 1.82) is 0 Å². The quantitative estimate of drug-likeness (QED) is 0.597. The van der Waals surface area contributed by atoms with Crippen molar-refractivity contribution in [2.75, 3.05) is 58.3 Å². The Morgan fingerprint density at radius 3 is 2.29 bits per heavy atom. The molecule has 1 unspecified atom stereocenters. The summed E-state index contributed by atoms with van der Waals surface area (Å²) in [6, 6.07) is 13.8. The Labute approximate surface area is 214 Å². The van der Waals surface area contributed by atoms with Gasteiger partial charge in [0.25, 0.3) is 5.91 Å². The maximum absolute atomic E-state index is 12.9. The molecular weight excluding hydrogens is 491 g/mol.